The van der Waals surface area contributed by atoms with E-state index in [2.05, 4.69) is 32.8 Å². The van der Waals surface area contributed by atoms with Gasteiger partial charge in [0.15, 0.2) is 5.65 Å². The number of pyridine rings is 1. The number of imidazole rings is 1. The average Bonchev–Trinajstić information content (AvgIpc) is 3.10. The molecule has 1 aromatic carbocycles. The molecule has 2 aromatic heterocycles. The predicted octanol–water partition coefficient (Wildman–Crippen LogP) is 4.05. The van der Waals surface area contributed by atoms with E-state index in [4.69, 9.17) is 4.98 Å². The molecular weight excluding hydrogens is 374 g/mol. The number of aryl methyl sites for hydroxylation is 1. The van der Waals surface area contributed by atoms with Crippen molar-refractivity contribution in [2.75, 3.05) is 24.5 Å². The summed E-state index contributed by atoms with van der Waals surface area (Å²) in [6, 6.07) is 12.5. The minimum absolute atomic E-state index is 0.0943. The summed E-state index contributed by atoms with van der Waals surface area (Å²) in [6.07, 6.45) is 2.17. The smallest absolute Gasteiger partial charge is 0.225 e. The Balaban J connectivity index is 1.69. The Kier molecular flexibility index (Phi) is 5.15. The summed E-state index contributed by atoms with van der Waals surface area (Å²) in [5.74, 6) is 1.56. The zero-order valence-corrected chi connectivity index (χ0v) is 18.2. The second-order valence-electron chi connectivity index (χ2n) is 9.35. The number of rotatable bonds is 3. The summed E-state index contributed by atoms with van der Waals surface area (Å²) in [5, 5.41) is 12.8. The number of nitrogens with zero attached hydrogens (tertiary/aromatic N) is 4. The molecule has 1 aliphatic rings. The number of hydrogen-bond donors (Lipinski definition) is 1. The molecule has 0 spiro atoms. The number of para-hydroxylation sites is 2. The first-order valence-electron chi connectivity index (χ1n) is 10.6. The van der Waals surface area contributed by atoms with E-state index in [1.54, 1.807) is 0 Å². The van der Waals surface area contributed by atoms with E-state index >= 15 is 0 Å². The number of benzene rings is 1. The van der Waals surface area contributed by atoms with Gasteiger partial charge in [0, 0.05) is 25.0 Å². The molecular formula is C24H29N5O. The predicted molar refractivity (Wildman–Crippen MR) is 120 cm³/mol. The highest BCUT2D eigenvalue weighted by atomic mass is 16.2. The lowest BCUT2D eigenvalue weighted by Crippen LogP contribution is -2.44. The number of nitriles is 1. The number of nitrogens with one attached hydrogen (secondary N) is 1. The molecule has 4 rings (SSSR count). The van der Waals surface area contributed by atoms with Crippen molar-refractivity contribution >= 4 is 28.4 Å². The van der Waals surface area contributed by atoms with Gasteiger partial charge in [0.1, 0.15) is 11.9 Å². The molecule has 0 aliphatic carbocycles. The van der Waals surface area contributed by atoms with E-state index in [1.165, 1.54) is 0 Å². The molecule has 1 atom stereocenters. The molecule has 1 unspecified atom stereocenters. The Bertz CT molecular complexity index is 1150. The first-order valence-corrected chi connectivity index (χ1v) is 10.6. The third-order valence-corrected chi connectivity index (χ3v) is 5.94. The fourth-order valence-corrected chi connectivity index (χ4v) is 4.25. The van der Waals surface area contributed by atoms with Crippen LogP contribution in [0.15, 0.2) is 30.3 Å². The molecule has 0 radical (unpaired) electrons. The Morgan fingerprint density at radius 1 is 1.33 bits per heavy atom. The molecule has 30 heavy (non-hydrogen) atoms. The van der Waals surface area contributed by atoms with Crippen molar-refractivity contribution in [2.45, 2.75) is 40.5 Å². The second kappa shape index (κ2) is 7.64. The SMILES string of the molecule is Cc1cc(N2CCCC(CNC(=O)C(C)(C)C)C2)n2c(nc3ccccc32)c1C#N. The fourth-order valence-electron chi connectivity index (χ4n) is 4.25. The fraction of sp³-hybridized carbons (Fsp3) is 0.458. The molecule has 1 N–H and O–H groups in total. The highest BCUT2D eigenvalue weighted by Crippen LogP contribution is 2.31. The standard InChI is InChI=1S/C24H29N5O/c1-16-12-21(28-11-7-8-17(15-28)14-26-23(30)24(2,3)4)29-20-10-6-5-9-19(20)27-22(29)18(16)13-25/h5-6,9-10,12,17H,7-8,11,14-15H2,1-4H3,(H,26,30). The maximum atomic E-state index is 12.3. The van der Waals surface area contributed by atoms with Gasteiger partial charge in [0.25, 0.3) is 0 Å². The van der Waals surface area contributed by atoms with Crippen molar-refractivity contribution in [3.05, 3.63) is 41.5 Å². The van der Waals surface area contributed by atoms with Gasteiger partial charge in [-0.3, -0.25) is 9.20 Å². The van der Waals surface area contributed by atoms with Crippen LogP contribution in [0.5, 0.6) is 0 Å². The van der Waals surface area contributed by atoms with Crippen molar-refractivity contribution in [1.29, 1.82) is 5.26 Å². The van der Waals surface area contributed by atoms with Gasteiger partial charge in [-0.1, -0.05) is 32.9 Å². The molecule has 1 amide bonds. The van der Waals surface area contributed by atoms with E-state index in [0.29, 0.717) is 18.0 Å². The Labute approximate surface area is 177 Å². The first-order chi connectivity index (χ1) is 14.3. The van der Waals surface area contributed by atoms with Crippen LogP contribution >= 0.6 is 0 Å². The topological polar surface area (TPSA) is 73.4 Å². The molecule has 1 fully saturated rings. The number of carbonyl (C=O) groups is 1. The Morgan fingerprint density at radius 2 is 2.10 bits per heavy atom. The van der Waals surface area contributed by atoms with Crippen LogP contribution < -0.4 is 10.2 Å². The third kappa shape index (κ3) is 3.60. The number of carbonyl (C=O) groups excluding carboxylic acids is 1. The number of aromatic nitrogens is 2. The summed E-state index contributed by atoms with van der Waals surface area (Å²) in [6.45, 7) is 10.3. The molecule has 3 heterocycles. The van der Waals surface area contributed by atoms with Gasteiger partial charge in [-0.25, -0.2) is 4.98 Å². The maximum absolute atomic E-state index is 12.3. The zero-order chi connectivity index (χ0) is 21.5. The average molecular weight is 404 g/mol. The molecule has 6 nitrogen and oxygen atoms in total. The van der Waals surface area contributed by atoms with Crippen LogP contribution in [0.2, 0.25) is 0 Å². The molecule has 1 saturated heterocycles. The second-order valence-corrected chi connectivity index (χ2v) is 9.35. The van der Waals surface area contributed by atoms with Crippen LogP contribution in [0.1, 0.15) is 44.7 Å². The number of piperidine rings is 1. The number of fused-ring (bicyclic) bond motifs is 3. The minimum Gasteiger partial charge on any atom is -0.357 e. The van der Waals surface area contributed by atoms with Gasteiger partial charge < -0.3 is 10.2 Å². The van der Waals surface area contributed by atoms with Crippen LogP contribution in [0.25, 0.3) is 16.7 Å². The van der Waals surface area contributed by atoms with Gasteiger partial charge in [-0.2, -0.15) is 5.26 Å². The van der Waals surface area contributed by atoms with Crippen LogP contribution in [0.4, 0.5) is 5.82 Å². The van der Waals surface area contributed by atoms with Crippen LogP contribution in [0.3, 0.4) is 0 Å². The third-order valence-electron chi connectivity index (χ3n) is 5.94. The maximum Gasteiger partial charge on any atom is 0.225 e. The summed E-state index contributed by atoms with van der Waals surface area (Å²) in [4.78, 5) is 19.4. The lowest BCUT2D eigenvalue weighted by atomic mass is 9.94. The van der Waals surface area contributed by atoms with Gasteiger partial charge >= 0.3 is 0 Å². The van der Waals surface area contributed by atoms with E-state index in [0.717, 1.165) is 54.0 Å². The number of anilines is 1. The molecule has 156 valence electrons. The summed E-state index contributed by atoms with van der Waals surface area (Å²) in [7, 11) is 0. The number of amides is 1. The zero-order valence-electron chi connectivity index (χ0n) is 18.2. The highest BCUT2D eigenvalue weighted by Gasteiger charge is 2.26. The quantitative estimate of drug-likeness (QED) is 0.716. The molecule has 6 heteroatoms. The van der Waals surface area contributed by atoms with E-state index in [1.807, 2.05) is 45.9 Å². The monoisotopic (exact) mass is 403 g/mol. The van der Waals surface area contributed by atoms with E-state index in [9.17, 15) is 10.1 Å². The normalized spacial score (nSPS) is 17.3. The van der Waals surface area contributed by atoms with Gasteiger partial charge in [0.05, 0.1) is 16.6 Å². The first kappa shape index (κ1) is 20.2. The highest BCUT2D eigenvalue weighted by molar-refractivity contribution is 5.85. The van der Waals surface area contributed by atoms with Crippen LogP contribution in [-0.4, -0.2) is 34.9 Å². The van der Waals surface area contributed by atoms with E-state index in [-0.39, 0.29) is 11.3 Å². The summed E-state index contributed by atoms with van der Waals surface area (Å²) >= 11 is 0. The van der Waals surface area contributed by atoms with Crippen molar-refractivity contribution in [3.63, 3.8) is 0 Å². The largest absolute Gasteiger partial charge is 0.357 e. The Hall–Kier alpha value is -3.07. The van der Waals surface area contributed by atoms with Crippen molar-refractivity contribution in [3.8, 4) is 6.07 Å². The van der Waals surface area contributed by atoms with Gasteiger partial charge in [-0.05, 0) is 49.4 Å². The Morgan fingerprint density at radius 3 is 2.83 bits per heavy atom. The van der Waals surface area contributed by atoms with Crippen molar-refractivity contribution in [1.82, 2.24) is 14.7 Å². The molecule has 1 aliphatic heterocycles. The van der Waals surface area contributed by atoms with Crippen LogP contribution in [-0.2, 0) is 4.79 Å². The molecule has 0 bridgehead atoms. The van der Waals surface area contributed by atoms with Crippen molar-refractivity contribution < 1.29 is 4.79 Å². The molecule has 3 aromatic rings. The van der Waals surface area contributed by atoms with Gasteiger partial charge in [-0.15, -0.1) is 0 Å². The lowest BCUT2D eigenvalue weighted by molar-refractivity contribution is -0.128. The number of hydrogen-bond acceptors (Lipinski definition) is 4. The summed E-state index contributed by atoms with van der Waals surface area (Å²) < 4.78 is 2.12. The molecule has 0 saturated carbocycles. The minimum atomic E-state index is -0.375. The van der Waals surface area contributed by atoms with Crippen molar-refractivity contribution in [2.24, 2.45) is 11.3 Å². The lowest BCUT2D eigenvalue weighted by Gasteiger charge is -2.35. The van der Waals surface area contributed by atoms with Crippen LogP contribution in [0, 0.1) is 29.6 Å². The summed E-state index contributed by atoms with van der Waals surface area (Å²) in [5.41, 5.74) is 3.82. The van der Waals surface area contributed by atoms with Gasteiger partial charge in [0.2, 0.25) is 5.91 Å². The van der Waals surface area contributed by atoms with E-state index < -0.39 is 0 Å².